The SMILES string of the molecule is CCN(CC)CCOc1ccccc1CNC(=NC)NCC1(CCOC)CCCC1.I. The molecule has 1 aromatic carbocycles. The fourth-order valence-corrected chi connectivity index (χ4v) is 4.24. The van der Waals surface area contributed by atoms with E-state index in [-0.39, 0.29) is 24.0 Å². The number of hydrogen-bond donors (Lipinski definition) is 2. The Kier molecular flexibility index (Phi) is 14.2. The fourth-order valence-electron chi connectivity index (χ4n) is 4.24. The number of ether oxygens (including phenoxy) is 2. The van der Waals surface area contributed by atoms with E-state index < -0.39 is 0 Å². The van der Waals surface area contributed by atoms with Gasteiger partial charge in [-0.1, -0.05) is 44.9 Å². The van der Waals surface area contributed by atoms with Crippen molar-refractivity contribution in [1.82, 2.24) is 15.5 Å². The molecule has 0 heterocycles. The number of methoxy groups -OCH3 is 1. The van der Waals surface area contributed by atoms with Crippen LogP contribution >= 0.6 is 24.0 Å². The molecule has 1 aromatic rings. The minimum atomic E-state index is 0. The van der Waals surface area contributed by atoms with Crippen LogP contribution in [-0.2, 0) is 11.3 Å². The van der Waals surface area contributed by atoms with Gasteiger partial charge in [-0.3, -0.25) is 4.99 Å². The smallest absolute Gasteiger partial charge is 0.191 e. The topological polar surface area (TPSA) is 58.1 Å². The van der Waals surface area contributed by atoms with Gasteiger partial charge < -0.3 is 25.0 Å². The Morgan fingerprint density at radius 2 is 1.81 bits per heavy atom. The van der Waals surface area contributed by atoms with Crippen LogP contribution in [0.25, 0.3) is 0 Å². The van der Waals surface area contributed by atoms with Gasteiger partial charge in [0.15, 0.2) is 5.96 Å². The largest absolute Gasteiger partial charge is 0.492 e. The first-order chi connectivity index (χ1) is 14.7. The summed E-state index contributed by atoms with van der Waals surface area (Å²) in [5.41, 5.74) is 1.48. The zero-order chi connectivity index (χ0) is 21.7. The number of nitrogens with zero attached hydrogens (tertiary/aromatic N) is 2. The molecule has 0 bridgehead atoms. The summed E-state index contributed by atoms with van der Waals surface area (Å²) in [7, 11) is 3.62. The van der Waals surface area contributed by atoms with Gasteiger partial charge in [-0.05, 0) is 43.8 Å². The fraction of sp³-hybridized carbons (Fsp3) is 0.708. The summed E-state index contributed by atoms with van der Waals surface area (Å²) in [6, 6.07) is 8.25. The Balaban J connectivity index is 0.00000480. The predicted molar refractivity (Wildman–Crippen MR) is 141 cm³/mol. The number of likely N-dealkylation sites (N-methyl/N-ethyl adjacent to an activating group) is 1. The first-order valence-electron chi connectivity index (χ1n) is 11.5. The predicted octanol–water partition coefficient (Wildman–Crippen LogP) is 4.29. The van der Waals surface area contributed by atoms with E-state index in [4.69, 9.17) is 9.47 Å². The van der Waals surface area contributed by atoms with Crippen LogP contribution in [0.2, 0.25) is 0 Å². The molecular weight excluding hydrogens is 503 g/mol. The lowest BCUT2D eigenvalue weighted by Gasteiger charge is -2.30. The third-order valence-corrected chi connectivity index (χ3v) is 6.33. The quantitative estimate of drug-likeness (QED) is 0.220. The molecule has 0 atom stereocenters. The number of guanidine groups is 1. The van der Waals surface area contributed by atoms with Crippen LogP contribution in [0.1, 0.15) is 51.5 Å². The van der Waals surface area contributed by atoms with Crippen LogP contribution in [0.3, 0.4) is 0 Å². The van der Waals surface area contributed by atoms with Gasteiger partial charge in [0, 0.05) is 46.0 Å². The van der Waals surface area contributed by atoms with Gasteiger partial charge in [0.2, 0.25) is 0 Å². The van der Waals surface area contributed by atoms with E-state index in [9.17, 15) is 0 Å². The molecule has 178 valence electrons. The van der Waals surface area contributed by atoms with E-state index in [1.807, 2.05) is 19.2 Å². The van der Waals surface area contributed by atoms with Crippen molar-refractivity contribution < 1.29 is 9.47 Å². The van der Waals surface area contributed by atoms with Crippen LogP contribution in [0.4, 0.5) is 0 Å². The van der Waals surface area contributed by atoms with Crippen molar-refractivity contribution >= 4 is 29.9 Å². The zero-order valence-electron chi connectivity index (χ0n) is 19.9. The van der Waals surface area contributed by atoms with Gasteiger partial charge >= 0.3 is 0 Å². The normalized spacial score (nSPS) is 15.6. The third kappa shape index (κ3) is 9.53. The van der Waals surface area contributed by atoms with Gasteiger partial charge in [-0.2, -0.15) is 0 Å². The number of rotatable bonds is 13. The second-order valence-electron chi connectivity index (χ2n) is 8.21. The molecule has 0 radical (unpaired) electrons. The first-order valence-corrected chi connectivity index (χ1v) is 11.5. The van der Waals surface area contributed by atoms with Gasteiger partial charge in [0.1, 0.15) is 12.4 Å². The maximum Gasteiger partial charge on any atom is 0.191 e. The molecule has 1 saturated carbocycles. The van der Waals surface area contributed by atoms with Gasteiger partial charge in [-0.25, -0.2) is 0 Å². The van der Waals surface area contributed by atoms with Crippen LogP contribution in [0.5, 0.6) is 5.75 Å². The summed E-state index contributed by atoms with van der Waals surface area (Å²) >= 11 is 0. The molecule has 1 aliphatic rings. The molecule has 0 aromatic heterocycles. The van der Waals surface area contributed by atoms with Crippen molar-refractivity contribution in [3.63, 3.8) is 0 Å². The third-order valence-electron chi connectivity index (χ3n) is 6.33. The highest BCUT2D eigenvalue weighted by atomic mass is 127. The second-order valence-corrected chi connectivity index (χ2v) is 8.21. The summed E-state index contributed by atoms with van der Waals surface area (Å²) in [6.07, 6.45) is 6.27. The Morgan fingerprint density at radius 3 is 2.45 bits per heavy atom. The highest BCUT2D eigenvalue weighted by Crippen LogP contribution is 2.40. The van der Waals surface area contributed by atoms with Crippen LogP contribution in [0.15, 0.2) is 29.3 Å². The minimum Gasteiger partial charge on any atom is -0.492 e. The molecule has 2 rings (SSSR count). The van der Waals surface area contributed by atoms with Crippen LogP contribution < -0.4 is 15.4 Å². The van der Waals surface area contributed by atoms with Crippen molar-refractivity contribution in [2.75, 3.05) is 53.6 Å². The van der Waals surface area contributed by atoms with E-state index in [1.54, 1.807) is 7.11 Å². The van der Waals surface area contributed by atoms with E-state index in [0.29, 0.717) is 18.6 Å². The monoisotopic (exact) mass is 546 g/mol. The van der Waals surface area contributed by atoms with Crippen molar-refractivity contribution in [2.24, 2.45) is 10.4 Å². The summed E-state index contributed by atoms with van der Waals surface area (Å²) < 4.78 is 11.4. The number of hydrogen-bond acceptors (Lipinski definition) is 4. The van der Waals surface area contributed by atoms with Gasteiger partial charge in [-0.15, -0.1) is 24.0 Å². The summed E-state index contributed by atoms with van der Waals surface area (Å²) in [6.45, 7) is 10.6. The summed E-state index contributed by atoms with van der Waals surface area (Å²) in [4.78, 5) is 6.80. The Hall–Kier alpha value is -1.06. The molecule has 0 spiro atoms. The van der Waals surface area contributed by atoms with E-state index >= 15 is 0 Å². The lowest BCUT2D eigenvalue weighted by molar-refractivity contribution is 0.138. The van der Waals surface area contributed by atoms with Crippen LogP contribution in [0, 0.1) is 5.41 Å². The number of nitrogens with one attached hydrogen (secondary N) is 2. The van der Waals surface area contributed by atoms with Crippen LogP contribution in [-0.4, -0.2) is 64.4 Å². The number of para-hydroxylation sites is 1. The van der Waals surface area contributed by atoms with Crippen molar-refractivity contribution in [3.05, 3.63) is 29.8 Å². The summed E-state index contributed by atoms with van der Waals surface area (Å²) in [5.74, 6) is 1.79. The summed E-state index contributed by atoms with van der Waals surface area (Å²) in [5, 5.41) is 7.02. The molecule has 7 heteroatoms. The van der Waals surface area contributed by atoms with Gasteiger partial charge in [0.25, 0.3) is 0 Å². The molecule has 0 saturated heterocycles. The number of benzene rings is 1. The Bertz CT molecular complexity index is 632. The molecule has 0 amide bonds. The van der Waals surface area contributed by atoms with E-state index in [2.05, 4.69) is 46.5 Å². The highest BCUT2D eigenvalue weighted by Gasteiger charge is 2.33. The molecule has 0 aliphatic heterocycles. The lowest BCUT2D eigenvalue weighted by atomic mass is 9.83. The molecule has 0 unspecified atom stereocenters. The number of halogens is 1. The first kappa shape index (κ1) is 28.0. The average Bonchev–Trinajstić information content (AvgIpc) is 3.25. The average molecular weight is 547 g/mol. The standard InChI is InChI=1S/C24H42N4O2.HI/c1-5-28(6-2)16-18-30-22-12-8-7-11-21(22)19-26-23(25-3)27-20-24(15-17-29-4)13-9-10-14-24;/h7-8,11-12H,5-6,9-10,13-20H2,1-4H3,(H2,25,26,27);1H. The van der Waals surface area contributed by atoms with Gasteiger partial charge in [0.05, 0.1) is 0 Å². The molecule has 6 nitrogen and oxygen atoms in total. The molecule has 2 N–H and O–H groups in total. The second kappa shape index (κ2) is 15.7. The van der Waals surface area contributed by atoms with E-state index in [0.717, 1.165) is 56.5 Å². The maximum absolute atomic E-state index is 6.08. The minimum absolute atomic E-state index is 0. The van der Waals surface area contributed by atoms with Crippen molar-refractivity contribution in [2.45, 2.75) is 52.5 Å². The Labute approximate surface area is 206 Å². The molecule has 31 heavy (non-hydrogen) atoms. The molecular formula is C24H43IN4O2. The maximum atomic E-state index is 6.08. The molecule has 1 fully saturated rings. The van der Waals surface area contributed by atoms with Crippen molar-refractivity contribution in [3.8, 4) is 5.75 Å². The van der Waals surface area contributed by atoms with E-state index in [1.165, 1.54) is 25.7 Å². The molecule has 1 aliphatic carbocycles. The zero-order valence-corrected chi connectivity index (χ0v) is 22.2. The lowest BCUT2D eigenvalue weighted by Crippen LogP contribution is -2.43. The highest BCUT2D eigenvalue weighted by molar-refractivity contribution is 14.0. The Morgan fingerprint density at radius 1 is 1.10 bits per heavy atom. The van der Waals surface area contributed by atoms with Crippen molar-refractivity contribution in [1.29, 1.82) is 0 Å². The number of aliphatic imine (C=N–C) groups is 1.